The van der Waals surface area contributed by atoms with Gasteiger partial charge in [0.15, 0.2) is 0 Å². The van der Waals surface area contributed by atoms with Gasteiger partial charge in [0.05, 0.1) is 12.3 Å². The van der Waals surface area contributed by atoms with Crippen LogP contribution in [0.25, 0.3) is 0 Å². The van der Waals surface area contributed by atoms with Gasteiger partial charge in [-0.3, -0.25) is 4.90 Å². The summed E-state index contributed by atoms with van der Waals surface area (Å²) in [6.45, 7) is 4.53. The molecule has 1 N–H and O–H groups in total. The molecule has 0 radical (unpaired) electrons. The third-order valence-electron chi connectivity index (χ3n) is 3.77. The van der Waals surface area contributed by atoms with E-state index in [-0.39, 0.29) is 0 Å². The Balaban J connectivity index is 2.10. The monoisotopic (exact) mass is 236 g/mol. The first-order valence-electron chi connectivity index (χ1n) is 6.80. The van der Waals surface area contributed by atoms with Gasteiger partial charge in [0, 0.05) is 12.6 Å². The van der Waals surface area contributed by atoms with Crippen molar-refractivity contribution in [3.05, 3.63) is 24.2 Å². The fraction of sp³-hybridized carbons (Fsp3) is 0.714. The molecule has 1 aliphatic heterocycles. The van der Waals surface area contributed by atoms with Crippen molar-refractivity contribution in [2.75, 3.05) is 20.1 Å². The second kappa shape index (κ2) is 6.22. The first kappa shape index (κ1) is 12.7. The van der Waals surface area contributed by atoms with Crippen LogP contribution in [-0.2, 0) is 0 Å². The molecule has 0 saturated carbocycles. The molecule has 2 unspecified atom stereocenters. The Kier molecular flexibility index (Phi) is 4.63. The average Bonchev–Trinajstić information content (AvgIpc) is 2.86. The second-order valence-corrected chi connectivity index (χ2v) is 4.88. The van der Waals surface area contributed by atoms with E-state index in [1.54, 1.807) is 6.26 Å². The molecule has 3 nitrogen and oxygen atoms in total. The van der Waals surface area contributed by atoms with Gasteiger partial charge < -0.3 is 9.73 Å². The Morgan fingerprint density at radius 2 is 2.41 bits per heavy atom. The zero-order valence-corrected chi connectivity index (χ0v) is 11.0. The lowest BCUT2D eigenvalue weighted by atomic mass is 9.97. The molecule has 0 spiro atoms. The molecule has 0 aromatic carbocycles. The van der Waals surface area contributed by atoms with E-state index >= 15 is 0 Å². The molecule has 96 valence electrons. The lowest BCUT2D eigenvalue weighted by Gasteiger charge is -2.40. The molecule has 0 aliphatic carbocycles. The summed E-state index contributed by atoms with van der Waals surface area (Å²) in [5.74, 6) is 1.12. The molecule has 2 atom stereocenters. The lowest BCUT2D eigenvalue weighted by molar-refractivity contribution is 0.0797. The number of hydrogen-bond acceptors (Lipinski definition) is 3. The summed E-state index contributed by atoms with van der Waals surface area (Å²) in [5.41, 5.74) is 0. The molecule has 0 amide bonds. The van der Waals surface area contributed by atoms with Crippen molar-refractivity contribution >= 4 is 0 Å². The maximum atomic E-state index is 5.60. The smallest absolute Gasteiger partial charge is 0.120 e. The lowest BCUT2D eigenvalue weighted by Crippen LogP contribution is -2.46. The summed E-state index contributed by atoms with van der Waals surface area (Å²) >= 11 is 0. The third kappa shape index (κ3) is 2.90. The van der Waals surface area contributed by atoms with Crippen LogP contribution < -0.4 is 5.32 Å². The molecule has 2 heterocycles. The standard InChI is InChI=1S/C14H24N2O/c1-3-13(14-8-6-10-17-14)16-9-5-4-7-12(16)11-15-2/h6,8,10,12-13,15H,3-5,7,9,11H2,1-2H3. The van der Waals surface area contributed by atoms with Crippen molar-refractivity contribution in [2.24, 2.45) is 0 Å². The summed E-state index contributed by atoms with van der Waals surface area (Å²) in [6.07, 6.45) is 6.88. The Morgan fingerprint density at radius 3 is 3.06 bits per heavy atom. The van der Waals surface area contributed by atoms with Gasteiger partial charge in [-0.15, -0.1) is 0 Å². The number of furan rings is 1. The number of likely N-dealkylation sites (N-methyl/N-ethyl adjacent to an activating group) is 1. The van der Waals surface area contributed by atoms with Gasteiger partial charge in [-0.25, -0.2) is 0 Å². The summed E-state index contributed by atoms with van der Waals surface area (Å²) in [4.78, 5) is 2.62. The van der Waals surface area contributed by atoms with Gasteiger partial charge in [0.2, 0.25) is 0 Å². The van der Waals surface area contributed by atoms with Crippen molar-refractivity contribution in [2.45, 2.75) is 44.7 Å². The van der Waals surface area contributed by atoms with Crippen LogP contribution in [0.15, 0.2) is 22.8 Å². The number of hydrogen-bond donors (Lipinski definition) is 1. The molecule has 1 aromatic heterocycles. The fourth-order valence-electron chi connectivity index (χ4n) is 2.97. The molecular weight excluding hydrogens is 212 g/mol. The van der Waals surface area contributed by atoms with E-state index in [0.29, 0.717) is 12.1 Å². The van der Waals surface area contributed by atoms with Crippen LogP contribution in [0.1, 0.15) is 44.4 Å². The van der Waals surface area contributed by atoms with Crippen molar-refractivity contribution in [1.82, 2.24) is 10.2 Å². The molecule has 1 fully saturated rings. The highest BCUT2D eigenvalue weighted by Gasteiger charge is 2.29. The molecule has 1 saturated heterocycles. The predicted molar refractivity (Wildman–Crippen MR) is 70.0 cm³/mol. The summed E-state index contributed by atoms with van der Waals surface area (Å²) in [6, 6.07) is 5.21. The molecule has 1 aliphatic rings. The van der Waals surface area contributed by atoms with E-state index in [9.17, 15) is 0 Å². The van der Waals surface area contributed by atoms with E-state index in [1.165, 1.54) is 25.8 Å². The highest BCUT2D eigenvalue weighted by Crippen LogP contribution is 2.30. The normalized spacial score (nSPS) is 23.8. The number of piperidine rings is 1. The predicted octanol–water partition coefficient (Wildman–Crippen LogP) is 2.80. The van der Waals surface area contributed by atoms with Crippen LogP contribution >= 0.6 is 0 Å². The van der Waals surface area contributed by atoms with E-state index in [4.69, 9.17) is 4.42 Å². The SMILES string of the molecule is CCC(c1ccco1)N1CCCCC1CNC. The number of likely N-dealkylation sites (tertiary alicyclic amines) is 1. The van der Waals surface area contributed by atoms with Gasteiger partial charge in [-0.2, -0.15) is 0 Å². The fourth-order valence-corrected chi connectivity index (χ4v) is 2.97. The Bertz CT molecular complexity index is 308. The Morgan fingerprint density at radius 1 is 1.53 bits per heavy atom. The van der Waals surface area contributed by atoms with Crippen molar-refractivity contribution in [3.63, 3.8) is 0 Å². The van der Waals surface area contributed by atoms with Gasteiger partial charge in [-0.05, 0) is 45.0 Å². The van der Waals surface area contributed by atoms with Crippen LogP contribution in [0.5, 0.6) is 0 Å². The maximum absolute atomic E-state index is 5.60. The minimum Gasteiger partial charge on any atom is -0.468 e. The Labute approximate surface area is 104 Å². The first-order chi connectivity index (χ1) is 8.36. The highest BCUT2D eigenvalue weighted by molar-refractivity contribution is 5.05. The van der Waals surface area contributed by atoms with Crippen molar-refractivity contribution in [1.29, 1.82) is 0 Å². The van der Waals surface area contributed by atoms with E-state index in [2.05, 4.69) is 23.2 Å². The third-order valence-corrected chi connectivity index (χ3v) is 3.77. The molecular formula is C14H24N2O. The number of nitrogens with zero attached hydrogens (tertiary/aromatic N) is 1. The van der Waals surface area contributed by atoms with Crippen LogP contribution in [0, 0.1) is 0 Å². The quantitative estimate of drug-likeness (QED) is 0.852. The topological polar surface area (TPSA) is 28.4 Å². The zero-order valence-electron chi connectivity index (χ0n) is 11.0. The van der Waals surface area contributed by atoms with Crippen molar-refractivity contribution < 1.29 is 4.42 Å². The molecule has 0 bridgehead atoms. The van der Waals surface area contributed by atoms with Crippen LogP contribution in [0.3, 0.4) is 0 Å². The van der Waals surface area contributed by atoms with Crippen LogP contribution in [-0.4, -0.2) is 31.1 Å². The van der Waals surface area contributed by atoms with Gasteiger partial charge >= 0.3 is 0 Å². The van der Waals surface area contributed by atoms with E-state index in [1.807, 2.05) is 13.1 Å². The highest BCUT2D eigenvalue weighted by atomic mass is 16.3. The zero-order chi connectivity index (χ0) is 12.1. The largest absolute Gasteiger partial charge is 0.468 e. The molecule has 1 aromatic rings. The van der Waals surface area contributed by atoms with Crippen molar-refractivity contribution in [3.8, 4) is 0 Å². The molecule has 2 rings (SSSR count). The van der Waals surface area contributed by atoms with Gasteiger partial charge in [0.25, 0.3) is 0 Å². The second-order valence-electron chi connectivity index (χ2n) is 4.88. The first-order valence-corrected chi connectivity index (χ1v) is 6.80. The minimum atomic E-state index is 0.448. The van der Waals surface area contributed by atoms with Crippen LogP contribution in [0.2, 0.25) is 0 Å². The number of nitrogens with one attached hydrogen (secondary N) is 1. The summed E-state index contributed by atoms with van der Waals surface area (Å²) in [7, 11) is 2.04. The molecule has 17 heavy (non-hydrogen) atoms. The number of rotatable bonds is 5. The van der Waals surface area contributed by atoms with E-state index < -0.39 is 0 Å². The maximum Gasteiger partial charge on any atom is 0.120 e. The molecule has 3 heteroatoms. The summed E-state index contributed by atoms with van der Waals surface area (Å²) < 4.78 is 5.60. The van der Waals surface area contributed by atoms with E-state index in [0.717, 1.165) is 18.7 Å². The van der Waals surface area contributed by atoms with Gasteiger partial charge in [0.1, 0.15) is 5.76 Å². The average molecular weight is 236 g/mol. The summed E-state index contributed by atoms with van der Waals surface area (Å²) in [5, 5.41) is 3.32. The van der Waals surface area contributed by atoms with Gasteiger partial charge in [-0.1, -0.05) is 13.3 Å². The van der Waals surface area contributed by atoms with Crippen LogP contribution in [0.4, 0.5) is 0 Å². The Hall–Kier alpha value is -0.800. The minimum absolute atomic E-state index is 0.448.